The summed E-state index contributed by atoms with van der Waals surface area (Å²) in [4.78, 5) is 19.8. The number of aliphatic hydroxyl groups excluding tert-OH is 5. The zero-order valence-electron chi connectivity index (χ0n) is 14.9. The van der Waals surface area contributed by atoms with Crippen molar-refractivity contribution in [3.05, 3.63) is 0 Å². The second-order valence-electron chi connectivity index (χ2n) is 5.48. The van der Waals surface area contributed by atoms with E-state index in [0.717, 1.165) is 12.8 Å². The minimum absolute atomic E-state index is 0.0628. The number of carbonyl (C=O) groups is 2. The number of hydrogen-bond acceptors (Lipinski definition) is 7. The summed E-state index contributed by atoms with van der Waals surface area (Å²) in [6.07, 6.45) is 3.05. The highest BCUT2D eigenvalue weighted by atomic mass is 16.4. The number of aliphatic carboxylic acids is 2. The quantitative estimate of drug-likeness (QED) is 0.230. The molecule has 0 unspecified atom stereocenters. The van der Waals surface area contributed by atoms with Gasteiger partial charge in [-0.2, -0.15) is 0 Å². The third kappa shape index (κ3) is 22.7. The van der Waals surface area contributed by atoms with Crippen LogP contribution in [0, 0.1) is 5.41 Å². The Morgan fingerprint density at radius 3 is 1.12 bits per heavy atom. The average Bonchev–Trinajstić information content (AvgIpc) is 2.60. The largest absolute Gasteiger partial charge is 0.481 e. The summed E-state index contributed by atoms with van der Waals surface area (Å²) in [6.45, 7) is 1.74. The molecule has 0 aliphatic rings. The molecule has 0 amide bonds. The number of aliphatic hydroxyl groups is 5. The molecule has 0 radical (unpaired) electrons. The molecule has 0 aromatic carbocycles. The Balaban J connectivity index is -0.000000300. The third-order valence-corrected chi connectivity index (χ3v) is 3.35. The summed E-state index contributed by atoms with van der Waals surface area (Å²) < 4.78 is 0. The van der Waals surface area contributed by atoms with Gasteiger partial charge in [0.2, 0.25) is 0 Å². The lowest BCUT2D eigenvalue weighted by molar-refractivity contribution is -0.139. The zero-order valence-corrected chi connectivity index (χ0v) is 14.9. The fraction of sp³-hybridized carbons (Fsp3) is 0.875. The number of rotatable bonds is 12. The Kier molecular flexibility index (Phi) is 23.7. The van der Waals surface area contributed by atoms with E-state index < -0.39 is 17.4 Å². The van der Waals surface area contributed by atoms with Crippen LogP contribution in [0.2, 0.25) is 0 Å². The molecule has 152 valence electrons. The molecule has 9 nitrogen and oxygen atoms in total. The van der Waals surface area contributed by atoms with Gasteiger partial charge in [-0.15, -0.1) is 0 Å². The van der Waals surface area contributed by atoms with Crippen molar-refractivity contribution >= 4 is 11.9 Å². The molecule has 0 aromatic rings. The zero-order chi connectivity index (χ0) is 20.1. The maximum atomic E-state index is 9.90. The molecule has 25 heavy (non-hydrogen) atoms. The Morgan fingerprint density at radius 1 is 0.680 bits per heavy atom. The van der Waals surface area contributed by atoms with Gasteiger partial charge in [0.25, 0.3) is 0 Å². The monoisotopic (exact) mass is 370 g/mol. The first-order valence-electron chi connectivity index (χ1n) is 8.27. The van der Waals surface area contributed by atoms with Crippen LogP contribution in [0.1, 0.15) is 51.9 Å². The molecular formula is C16H34O9. The van der Waals surface area contributed by atoms with Crippen LogP contribution in [0.5, 0.6) is 0 Å². The normalized spacial score (nSPS) is 10.2. The fourth-order valence-electron chi connectivity index (χ4n) is 1.26. The van der Waals surface area contributed by atoms with Gasteiger partial charge in [0, 0.05) is 31.5 Å². The highest BCUT2D eigenvalue weighted by Crippen LogP contribution is 2.18. The first kappa shape index (κ1) is 28.5. The fourth-order valence-corrected chi connectivity index (χ4v) is 1.26. The maximum Gasteiger partial charge on any atom is 0.303 e. The van der Waals surface area contributed by atoms with Gasteiger partial charge in [0.05, 0.1) is 19.8 Å². The van der Waals surface area contributed by atoms with Crippen molar-refractivity contribution in [3.8, 4) is 0 Å². The first-order chi connectivity index (χ1) is 11.8. The summed E-state index contributed by atoms with van der Waals surface area (Å²) in [5.74, 6) is -1.74. The van der Waals surface area contributed by atoms with Crippen LogP contribution in [0.15, 0.2) is 0 Å². The maximum absolute atomic E-state index is 9.90. The molecule has 9 heteroatoms. The van der Waals surface area contributed by atoms with Crippen molar-refractivity contribution in [1.29, 1.82) is 0 Å². The van der Waals surface area contributed by atoms with Crippen molar-refractivity contribution < 1.29 is 45.3 Å². The molecule has 0 aromatic heterocycles. The Morgan fingerprint density at radius 2 is 1.00 bits per heavy atom. The van der Waals surface area contributed by atoms with Gasteiger partial charge in [-0.05, 0) is 32.1 Å². The number of unbranched alkanes of at least 4 members (excludes halogenated alkanes) is 2. The predicted octanol–water partition coefficient (Wildman–Crippen LogP) is -0.173. The SMILES string of the molecule is CCC(CO)(CO)CO.O=C(O)CCCCC(=O)O.OCCCCO. The molecule has 0 bridgehead atoms. The van der Waals surface area contributed by atoms with E-state index >= 15 is 0 Å². The lowest BCUT2D eigenvalue weighted by atomic mass is 9.88. The number of carboxylic acid groups (broad SMARTS) is 2. The van der Waals surface area contributed by atoms with Crippen LogP contribution in [-0.2, 0) is 9.59 Å². The van der Waals surface area contributed by atoms with Gasteiger partial charge < -0.3 is 35.7 Å². The lowest BCUT2D eigenvalue weighted by Gasteiger charge is -2.24. The molecular weight excluding hydrogens is 336 g/mol. The van der Waals surface area contributed by atoms with Crippen LogP contribution in [0.25, 0.3) is 0 Å². The second kappa shape index (κ2) is 20.8. The third-order valence-electron chi connectivity index (χ3n) is 3.35. The summed E-state index contributed by atoms with van der Waals surface area (Å²) in [7, 11) is 0. The highest BCUT2D eigenvalue weighted by Gasteiger charge is 2.24. The molecule has 0 aliphatic heterocycles. The van der Waals surface area contributed by atoms with Crippen LogP contribution < -0.4 is 0 Å². The predicted molar refractivity (Wildman–Crippen MR) is 91.1 cm³/mol. The molecule has 0 saturated carbocycles. The van der Waals surface area contributed by atoms with Crippen molar-refractivity contribution in [1.82, 2.24) is 0 Å². The highest BCUT2D eigenvalue weighted by molar-refractivity contribution is 5.67. The van der Waals surface area contributed by atoms with Crippen LogP contribution in [0.3, 0.4) is 0 Å². The van der Waals surface area contributed by atoms with E-state index in [1.165, 1.54) is 0 Å². The van der Waals surface area contributed by atoms with Crippen LogP contribution >= 0.6 is 0 Å². The smallest absolute Gasteiger partial charge is 0.303 e. The topological polar surface area (TPSA) is 176 Å². The Labute approximate surface area is 148 Å². The van der Waals surface area contributed by atoms with Crippen molar-refractivity contribution in [2.24, 2.45) is 5.41 Å². The van der Waals surface area contributed by atoms with E-state index in [2.05, 4.69) is 0 Å². The van der Waals surface area contributed by atoms with E-state index in [4.69, 9.17) is 35.7 Å². The molecule has 7 N–H and O–H groups in total. The van der Waals surface area contributed by atoms with Gasteiger partial charge in [-0.25, -0.2) is 0 Å². The van der Waals surface area contributed by atoms with Gasteiger partial charge in [-0.3, -0.25) is 9.59 Å². The first-order valence-corrected chi connectivity index (χ1v) is 8.27. The Bertz CT molecular complexity index is 266. The average molecular weight is 370 g/mol. The molecule has 0 rings (SSSR count). The molecule has 0 spiro atoms. The van der Waals surface area contributed by atoms with E-state index in [9.17, 15) is 9.59 Å². The summed E-state index contributed by atoms with van der Waals surface area (Å²) in [6, 6.07) is 0. The number of hydrogen-bond donors (Lipinski definition) is 7. The molecule has 0 aliphatic carbocycles. The van der Waals surface area contributed by atoms with E-state index in [0.29, 0.717) is 19.3 Å². The molecule has 0 saturated heterocycles. The van der Waals surface area contributed by atoms with Gasteiger partial charge in [0.1, 0.15) is 0 Å². The van der Waals surface area contributed by atoms with Crippen molar-refractivity contribution in [2.75, 3.05) is 33.0 Å². The summed E-state index contributed by atoms with van der Waals surface area (Å²) >= 11 is 0. The minimum atomic E-state index is -0.870. The standard InChI is InChI=1S/C6H10O4.C6H14O3.C4H10O2/c7-5(8)3-1-2-4-6(9)10;1-2-6(3-7,4-8)5-9;5-3-1-2-4-6/h1-4H2,(H,7,8)(H,9,10);7-9H,2-5H2,1H3;5-6H,1-4H2. The van der Waals surface area contributed by atoms with E-state index in [-0.39, 0.29) is 45.9 Å². The molecule has 0 heterocycles. The number of carboxylic acids is 2. The second-order valence-corrected chi connectivity index (χ2v) is 5.48. The molecule has 0 atom stereocenters. The minimum Gasteiger partial charge on any atom is -0.481 e. The van der Waals surface area contributed by atoms with Crippen LogP contribution in [-0.4, -0.2) is 80.7 Å². The summed E-state index contributed by atoms with van der Waals surface area (Å²) in [5, 5.41) is 58.4. The van der Waals surface area contributed by atoms with Gasteiger partial charge >= 0.3 is 11.9 Å². The van der Waals surface area contributed by atoms with Gasteiger partial charge in [0.15, 0.2) is 0 Å². The van der Waals surface area contributed by atoms with Gasteiger partial charge in [-0.1, -0.05) is 6.92 Å². The Hall–Kier alpha value is -1.26. The summed E-state index contributed by atoms with van der Waals surface area (Å²) in [5.41, 5.74) is -0.667. The van der Waals surface area contributed by atoms with E-state index in [1.807, 2.05) is 6.92 Å². The molecule has 0 fully saturated rings. The van der Waals surface area contributed by atoms with Crippen molar-refractivity contribution in [3.63, 3.8) is 0 Å². The lowest BCUT2D eigenvalue weighted by Crippen LogP contribution is -2.32. The van der Waals surface area contributed by atoms with E-state index in [1.54, 1.807) is 0 Å². The van der Waals surface area contributed by atoms with Crippen molar-refractivity contribution in [2.45, 2.75) is 51.9 Å². The van der Waals surface area contributed by atoms with Crippen LogP contribution in [0.4, 0.5) is 0 Å².